The Labute approximate surface area is 91.8 Å². The Bertz CT molecular complexity index is 226. The third kappa shape index (κ3) is 2.23. The first-order chi connectivity index (χ1) is 7.15. The molecule has 3 atom stereocenters. The van der Waals surface area contributed by atoms with Crippen LogP contribution < -0.4 is 0 Å². The summed E-state index contributed by atoms with van der Waals surface area (Å²) in [7, 11) is 0. The molecule has 2 saturated heterocycles. The lowest BCUT2D eigenvalue weighted by Gasteiger charge is -2.26. The van der Waals surface area contributed by atoms with Gasteiger partial charge in [-0.2, -0.15) is 0 Å². The molecule has 0 aromatic rings. The van der Waals surface area contributed by atoms with Crippen LogP contribution in [0.25, 0.3) is 0 Å². The lowest BCUT2D eigenvalue weighted by Crippen LogP contribution is -2.38. The fourth-order valence-corrected chi connectivity index (χ4v) is 2.70. The zero-order valence-electron chi connectivity index (χ0n) is 9.74. The molecule has 2 rings (SSSR count). The Morgan fingerprint density at radius 1 is 1.40 bits per heavy atom. The summed E-state index contributed by atoms with van der Waals surface area (Å²) in [5.74, 6) is 1.52. The molecule has 0 spiro atoms. The zero-order valence-corrected chi connectivity index (χ0v) is 9.74. The van der Waals surface area contributed by atoms with E-state index < -0.39 is 0 Å². The van der Waals surface area contributed by atoms with E-state index in [1.165, 1.54) is 0 Å². The maximum absolute atomic E-state index is 11.2. The van der Waals surface area contributed by atoms with Crippen LogP contribution in [0.15, 0.2) is 0 Å². The van der Waals surface area contributed by atoms with Crippen molar-refractivity contribution in [1.82, 2.24) is 4.90 Å². The summed E-state index contributed by atoms with van der Waals surface area (Å²) in [5.41, 5.74) is -0.205. The summed E-state index contributed by atoms with van der Waals surface area (Å²) in [6.07, 6.45) is 2.02. The number of hydrogen-bond donors (Lipinski definition) is 0. The van der Waals surface area contributed by atoms with Crippen LogP contribution >= 0.6 is 0 Å². The molecule has 3 nitrogen and oxygen atoms in total. The maximum atomic E-state index is 11.2. The van der Waals surface area contributed by atoms with E-state index >= 15 is 0 Å². The lowest BCUT2D eigenvalue weighted by atomic mass is 9.89. The van der Waals surface area contributed by atoms with Crippen LogP contribution in [-0.2, 0) is 9.53 Å². The Hall–Kier alpha value is -0.410. The van der Waals surface area contributed by atoms with E-state index in [9.17, 15) is 4.79 Å². The molecule has 0 radical (unpaired) electrons. The molecule has 3 heteroatoms. The van der Waals surface area contributed by atoms with Crippen molar-refractivity contribution < 1.29 is 9.53 Å². The monoisotopic (exact) mass is 211 g/mol. The summed E-state index contributed by atoms with van der Waals surface area (Å²) in [4.78, 5) is 13.6. The van der Waals surface area contributed by atoms with Crippen molar-refractivity contribution >= 4 is 6.29 Å². The standard InChI is InChI=1S/C12H21NO2/c1-10-5-13(6-11(10)2)7-12(8-14)3-4-15-9-12/h8,10-11H,3-7,9H2,1-2H3. The highest BCUT2D eigenvalue weighted by Gasteiger charge is 2.38. The van der Waals surface area contributed by atoms with E-state index in [1.54, 1.807) is 0 Å². The highest BCUT2D eigenvalue weighted by atomic mass is 16.5. The SMILES string of the molecule is CC1CN(CC2(C=O)CCOC2)CC1C. The Kier molecular flexibility index (Phi) is 3.12. The van der Waals surface area contributed by atoms with Crippen LogP contribution in [0, 0.1) is 17.3 Å². The van der Waals surface area contributed by atoms with Gasteiger partial charge in [0.15, 0.2) is 0 Å². The van der Waals surface area contributed by atoms with Crippen molar-refractivity contribution in [2.75, 3.05) is 32.8 Å². The quantitative estimate of drug-likeness (QED) is 0.657. The van der Waals surface area contributed by atoms with Crippen molar-refractivity contribution in [3.05, 3.63) is 0 Å². The Morgan fingerprint density at radius 2 is 2.07 bits per heavy atom. The molecule has 2 aliphatic heterocycles. The van der Waals surface area contributed by atoms with Crippen LogP contribution in [0.2, 0.25) is 0 Å². The molecule has 2 heterocycles. The van der Waals surface area contributed by atoms with Gasteiger partial charge in [0.05, 0.1) is 12.0 Å². The van der Waals surface area contributed by atoms with Gasteiger partial charge in [0.1, 0.15) is 6.29 Å². The van der Waals surface area contributed by atoms with Gasteiger partial charge in [0, 0.05) is 26.2 Å². The van der Waals surface area contributed by atoms with Gasteiger partial charge < -0.3 is 14.4 Å². The summed E-state index contributed by atoms with van der Waals surface area (Å²) in [6, 6.07) is 0. The summed E-state index contributed by atoms with van der Waals surface area (Å²) < 4.78 is 5.36. The molecule has 0 aromatic heterocycles. The van der Waals surface area contributed by atoms with Crippen molar-refractivity contribution in [2.24, 2.45) is 17.3 Å². The summed E-state index contributed by atoms with van der Waals surface area (Å²) in [6.45, 7) is 9.12. The van der Waals surface area contributed by atoms with Crippen molar-refractivity contribution in [2.45, 2.75) is 20.3 Å². The van der Waals surface area contributed by atoms with Gasteiger partial charge in [-0.1, -0.05) is 13.8 Å². The number of carbonyl (C=O) groups excluding carboxylic acids is 1. The average Bonchev–Trinajstić information content (AvgIpc) is 2.77. The predicted molar refractivity (Wildman–Crippen MR) is 58.7 cm³/mol. The second kappa shape index (κ2) is 4.22. The van der Waals surface area contributed by atoms with Gasteiger partial charge >= 0.3 is 0 Å². The largest absolute Gasteiger partial charge is 0.380 e. The highest BCUT2D eigenvalue weighted by Crippen LogP contribution is 2.31. The highest BCUT2D eigenvalue weighted by molar-refractivity contribution is 5.60. The number of rotatable bonds is 3. The lowest BCUT2D eigenvalue weighted by molar-refractivity contribution is -0.117. The van der Waals surface area contributed by atoms with Crippen LogP contribution in [0.1, 0.15) is 20.3 Å². The molecule has 2 aliphatic rings. The first-order valence-corrected chi connectivity index (χ1v) is 5.92. The van der Waals surface area contributed by atoms with E-state index in [4.69, 9.17) is 4.74 Å². The second-order valence-electron chi connectivity index (χ2n) is 5.43. The van der Waals surface area contributed by atoms with E-state index in [2.05, 4.69) is 18.7 Å². The van der Waals surface area contributed by atoms with Gasteiger partial charge in [-0.25, -0.2) is 0 Å². The van der Waals surface area contributed by atoms with Crippen molar-refractivity contribution in [1.29, 1.82) is 0 Å². The summed E-state index contributed by atoms with van der Waals surface area (Å²) >= 11 is 0. The molecular formula is C12H21NO2. The molecule has 15 heavy (non-hydrogen) atoms. The molecule has 2 fully saturated rings. The van der Waals surface area contributed by atoms with Crippen LogP contribution in [0.3, 0.4) is 0 Å². The van der Waals surface area contributed by atoms with E-state index in [0.29, 0.717) is 6.61 Å². The summed E-state index contributed by atoms with van der Waals surface area (Å²) in [5, 5.41) is 0. The minimum atomic E-state index is -0.205. The third-order valence-corrected chi connectivity index (χ3v) is 3.99. The molecule has 0 saturated carbocycles. The fraction of sp³-hybridized carbons (Fsp3) is 0.917. The van der Waals surface area contributed by atoms with E-state index in [0.717, 1.165) is 50.8 Å². The van der Waals surface area contributed by atoms with Crippen molar-refractivity contribution in [3.63, 3.8) is 0 Å². The molecule has 0 aliphatic carbocycles. The number of hydrogen-bond acceptors (Lipinski definition) is 3. The molecule has 0 N–H and O–H groups in total. The van der Waals surface area contributed by atoms with E-state index in [-0.39, 0.29) is 5.41 Å². The fourth-order valence-electron chi connectivity index (χ4n) is 2.70. The molecular weight excluding hydrogens is 190 g/mol. The average molecular weight is 211 g/mol. The maximum Gasteiger partial charge on any atom is 0.129 e. The second-order valence-corrected chi connectivity index (χ2v) is 5.43. The Morgan fingerprint density at radius 3 is 2.53 bits per heavy atom. The predicted octanol–water partition coefficient (Wildman–Crippen LogP) is 1.18. The van der Waals surface area contributed by atoms with Crippen LogP contribution in [-0.4, -0.2) is 44.0 Å². The molecule has 0 amide bonds. The molecule has 86 valence electrons. The first-order valence-electron chi connectivity index (χ1n) is 5.92. The van der Waals surface area contributed by atoms with Gasteiger partial charge in [0.25, 0.3) is 0 Å². The number of likely N-dealkylation sites (tertiary alicyclic amines) is 1. The Balaban J connectivity index is 1.93. The van der Waals surface area contributed by atoms with Gasteiger partial charge in [-0.3, -0.25) is 0 Å². The number of aldehydes is 1. The zero-order chi connectivity index (χ0) is 10.9. The van der Waals surface area contributed by atoms with Gasteiger partial charge in [0.2, 0.25) is 0 Å². The van der Waals surface area contributed by atoms with Crippen LogP contribution in [0.4, 0.5) is 0 Å². The third-order valence-electron chi connectivity index (χ3n) is 3.99. The number of carbonyl (C=O) groups is 1. The smallest absolute Gasteiger partial charge is 0.129 e. The number of nitrogens with zero attached hydrogens (tertiary/aromatic N) is 1. The van der Waals surface area contributed by atoms with Gasteiger partial charge in [-0.15, -0.1) is 0 Å². The minimum Gasteiger partial charge on any atom is -0.380 e. The first kappa shape index (κ1) is 11.1. The molecule has 0 bridgehead atoms. The topological polar surface area (TPSA) is 29.5 Å². The van der Waals surface area contributed by atoms with Crippen molar-refractivity contribution in [3.8, 4) is 0 Å². The minimum absolute atomic E-state index is 0.205. The number of ether oxygens (including phenoxy) is 1. The molecule has 3 unspecified atom stereocenters. The van der Waals surface area contributed by atoms with Crippen LogP contribution in [0.5, 0.6) is 0 Å². The normalized spacial score (nSPS) is 42.3. The van der Waals surface area contributed by atoms with E-state index in [1.807, 2.05) is 0 Å². The van der Waals surface area contributed by atoms with Gasteiger partial charge in [-0.05, 0) is 18.3 Å². The molecule has 0 aromatic carbocycles.